The minimum atomic E-state index is -0.454. The molecule has 0 aliphatic heterocycles. The normalized spacial score (nSPS) is 11.0. The fourth-order valence-electron chi connectivity index (χ4n) is 2.06. The van der Waals surface area contributed by atoms with Crippen molar-refractivity contribution in [3.8, 4) is 5.69 Å². The molecule has 3 rings (SSSR count). The maximum Gasteiger partial charge on any atom is 0.168 e. The molecule has 0 aliphatic carbocycles. The quantitative estimate of drug-likeness (QED) is 0.789. The van der Waals surface area contributed by atoms with Crippen LogP contribution in [0.3, 0.4) is 0 Å². The van der Waals surface area contributed by atoms with Crippen LogP contribution in [0.2, 0.25) is 5.02 Å². The Morgan fingerprint density at radius 1 is 1.30 bits per heavy atom. The molecule has 0 bridgehead atoms. The van der Waals surface area contributed by atoms with Crippen molar-refractivity contribution in [1.29, 1.82) is 0 Å². The van der Waals surface area contributed by atoms with E-state index in [9.17, 15) is 4.39 Å². The monoisotopic (exact) mass is 291 g/mol. The van der Waals surface area contributed by atoms with E-state index in [1.54, 1.807) is 32.3 Å². The van der Waals surface area contributed by atoms with Gasteiger partial charge in [-0.05, 0) is 19.1 Å². The Labute approximate surface area is 119 Å². The number of nitrogens with one attached hydrogen (secondary N) is 1. The zero-order valence-electron chi connectivity index (χ0n) is 10.9. The predicted molar refractivity (Wildman–Crippen MR) is 75.9 cm³/mol. The van der Waals surface area contributed by atoms with Gasteiger partial charge in [0.15, 0.2) is 5.65 Å². The first-order valence-corrected chi connectivity index (χ1v) is 6.34. The Kier molecular flexibility index (Phi) is 3.02. The molecule has 0 amide bonds. The molecule has 102 valence electrons. The van der Waals surface area contributed by atoms with Crippen LogP contribution in [-0.2, 0) is 0 Å². The van der Waals surface area contributed by atoms with Crippen LogP contribution >= 0.6 is 11.6 Å². The van der Waals surface area contributed by atoms with E-state index in [1.807, 2.05) is 0 Å². The number of hydrogen-bond donors (Lipinski definition) is 1. The number of fused-ring (bicyclic) bond motifs is 1. The summed E-state index contributed by atoms with van der Waals surface area (Å²) in [7, 11) is 1.76. The van der Waals surface area contributed by atoms with Crippen LogP contribution in [0.25, 0.3) is 16.7 Å². The molecule has 0 radical (unpaired) electrons. The lowest BCUT2D eigenvalue weighted by atomic mass is 10.3. The second-order valence-corrected chi connectivity index (χ2v) is 4.64. The highest BCUT2D eigenvalue weighted by atomic mass is 35.5. The first kappa shape index (κ1) is 12.8. The summed E-state index contributed by atoms with van der Waals surface area (Å²) in [5.74, 6) is 0.757. The van der Waals surface area contributed by atoms with Crippen LogP contribution < -0.4 is 5.32 Å². The molecule has 20 heavy (non-hydrogen) atoms. The van der Waals surface area contributed by atoms with Gasteiger partial charge in [0.2, 0.25) is 0 Å². The number of anilines is 1. The highest BCUT2D eigenvalue weighted by Gasteiger charge is 2.16. The Hall–Kier alpha value is -2.21. The lowest BCUT2D eigenvalue weighted by Crippen LogP contribution is -2.04. The average molecular weight is 292 g/mol. The van der Waals surface area contributed by atoms with Gasteiger partial charge < -0.3 is 5.32 Å². The van der Waals surface area contributed by atoms with E-state index in [4.69, 9.17) is 11.6 Å². The van der Waals surface area contributed by atoms with Crippen LogP contribution in [0.4, 0.5) is 10.2 Å². The van der Waals surface area contributed by atoms with E-state index in [-0.39, 0.29) is 10.7 Å². The number of halogens is 2. The van der Waals surface area contributed by atoms with Crippen molar-refractivity contribution in [3.05, 3.63) is 41.1 Å². The Morgan fingerprint density at radius 2 is 2.10 bits per heavy atom. The molecule has 2 aromatic heterocycles. The SMILES string of the molecule is CNc1nc(C)nc2c1cnn2-c1c(F)cccc1Cl. The average Bonchev–Trinajstić information content (AvgIpc) is 2.81. The van der Waals surface area contributed by atoms with E-state index >= 15 is 0 Å². The maximum atomic E-state index is 14.0. The second-order valence-electron chi connectivity index (χ2n) is 4.23. The van der Waals surface area contributed by atoms with Gasteiger partial charge in [0.05, 0.1) is 16.6 Å². The van der Waals surface area contributed by atoms with E-state index in [1.165, 1.54) is 10.7 Å². The largest absolute Gasteiger partial charge is 0.372 e. The predicted octanol–water partition coefficient (Wildman–Crippen LogP) is 2.96. The third-order valence-corrected chi connectivity index (χ3v) is 3.23. The molecule has 7 heteroatoms. The zero-order chi connectivity index (χ0) is 14.3. The van der Waals surface area contributed by atoms with Crippen molar-refractivity contribution < 1.29 is 4.39 Å². The van der Waals surface area contributed by atoms with Crippen LogP contribution in [-0.4, -0.2) is 26.8 Å². The molecule has 0 saturated heterocycles. The van der Waals surface area contributed by atoms with Gasteiger partial charge >= 0.3 is 0 Å². The van der Waals surface area contributed by atoms with Crippen molar-refractivity contribution in [3.63, 3.8) is 0 Å². The number of rotatable bonds is 2. The lowest BCUT2D eigenvalue weighted by molar-refractivity contribution is 0.612. The summed E-state index contributed by atoms with van der Waals surface area (Å²) in [5.41, 5.74) is 0.693. The first-order chi connectivity index (χ1) is 9.61. The van der Waals surface area contributed by atoms with Gasteiger partial charge in [-0.25, -0.2) is 19.0 Å². The fourth-order valence-corrected chi connectivity index (χ4v) is 2.31. The maximum absolute atomic E-state index is 14.0. The third-order valence-electron chi connectivity index (χ3n) is 2.93. The standard InChI is InChI=1S/C13H11ClFN5/c1-7-18-12(16-2)8-6-17-20(13(8)19-7)11-9(14)4-3-5-10(11)15/h3-6H,1-2H3,(H,16,18,19). The van der Waals surface area contributed by atoms with Gasteiger partial charge in [0.1, 0.15) is 23.1 Å². The van der Waals surface area contributed by atoms with Crippen molar-refractivity contribution in [2.45, 2.75) is 6.92 Å². The summed E-state index contributed by atoms with van der Waals surface area (Å²) in [5, 5.41) is 8.14. The molecule has 0 spiro atoms. The van der Waals surface area contributed by atoms with Gasteiger partial charge in [-0.3, -0.25) is 0 Å². The summed E-state index contributed by atoms with van der Waals surface area (Å²) < 4.78 is 15.4. The number of aryl methyl sites for hydroxylation is 1. The topological polar surface area (TPSA) is 55.6 Å². The lowest BCUT2D eigenvalue weighted by Gasteiger charge is -2.08. The number of hydrogen-bond acceptors (Lipinski definition) is 4. The number of para-hydroxylation sites is 1. The minimum absolute atomic E-state index is 0.185. The number of benzene rings is 1. The molecule has 1 aromatic carbocycles. The van der Waals surface area contributed by atoms with Gasteiger partial charge in [0, 0.05) is 7.05 Å². The molecule has 1 N–H and O–H groups in total. The van der Waals surface area contributed by atoms with E-state index in [2.05, 4.69) is 20.4 Å². The van der Waals surface area contributed by atoms with Crippen molar-refractivity contribution in [2.24, 2.45) is 0 Å². The summed E-state index contributed by atoms with van der Waals surface area (Å²) in [4.78, 5) is 8.60. The molecule has 2 heterocycles. The summed E-state index contributed by atoms with van der Waals surface area (Å²) in [6, 6.07) is 4.49. The van der Waals surface area contributed by atoms with Gasteiger partial charge in [-0.1, -0.05) is 17.7 Å². The van der Waals surface area contributed by atoms with Gasteiger partial charge in [-0.2, -0.15) is 5.10 Å². The molecule has 0 unspecified atom stereocenters. The first-order valence-electron chi connectivity index (χ1n) is 5.96. The van der Waals surface area contributed by atoms with E-state index in [0.717, 1.165) is 0 Å². The summed E-state index contributed by atoms with van der Waals surface area (Å²) in [6.07, 6.45) is 1.59. The highest BCUT2D eigenvalue weighted by Crippen LogP contribution is 2.27. The van der Waals surface area contributed by atoms with Crippen LogP contribution in [0.1, 0.15) is 5.82 Å². The number of nitrogens with zero attached hydrogens (tertiary/aromatic N) is 4. The summed E-state index contributed by atoms with van der Waals surface area (Å²) >= 11 is 6.07. The minimum Gasteiger partial charge on any atom is -0.372 e. The fraction of sp³-hybridized carbons (Fsp3) is 0.154. The summed E-state index contributed by atoms with van der Waals surface area (Å²) in [6.45, 7) is 1.76. The van der Waals surface area contributed by atoms with Gasteiger partial charge in [-0.15, -0.1) is 0 Å². The van der Waals surface area contributed by atoms with Crippen molar-refractivity contribution >= 4 is 28.5 Å². The Bertz CT molecular complexity index is 779. The molecular formula is C13H11ClFN5. The third kappa shape index (κ3) is 1.89. The van der Waals surface area contributed by atoms with E-state index < -0.39 is 5.82 Å². The molecule has 0 saturated carbocycles. The Balaban J connectivity index is 2.36. The van der Waals surface area contributed by atoms with Crippen molar-refractivity contribution in [1.82, 2.24) is 19.7 Å². The smallest absolute Gasteiger partial charge is 0.168 e. The molecule has 0 aliphatic rings. The van der Waals surface area contributed by atoms with Crippen LogP contribution in [0.15, 0.2) is 24.4 Å². The molecule has 5 nitrogen and oxygen atoms in total. The molecule has 0 atom stereocenters. The molecule has 0 fully saturated rings. The zero-order valence-corrected chi connectivity index (χ0v) is 11.6. The molecular weight excluding hydrogens is 281 g/mol. The molecule has 3 aromatic rings. The van der Waals surface area contributed by atoms with Crippen molar-refractivity contribution in [2.75, 3.05) is 12.4 Å². The highest BCUT2D eigenvalue weighted by molar-refractivity contribution is 6.32. The Morgan fingerprint density at radius 3 is 2.80 bits per heavy atom. The van der Waals surface area contributed by atoms with Gasteiger partial charge in [0.25, 0.3) is 0 Å². The van der Waals surface area contributed by atoms with Crippen LogP contribution in [0, 0.1) is 12.7 Å². The van der Waals surface area contributed by atoms with E-state index in [0.29, 0.717) is 22.7 Å². The van der Waals surface area contributed by atoms with Crippen LogP contribution in [0.5, 0.6) is 0 Å². The second kappa shape index (κ2) is 4.72. The number of aromatic nitrogens is 4.